The summed E-state index contributed by atoms with van der Waals surface area (Å²) in [5.41, 5.74) is 9.29. The molecule has 2 saturated carbocycles. The minimum absolute atomic E-state index is 0.0218. The molecule has 2 aliphatic rings. The smallest absolute Gasteiger partial charge is 0.0766 e. The Kier molecular flexibility index (Phi) is 4.47. The van der Waals surface area contributed by atoms with Crippen LogP contribution in [0.4, 0.5) is 0 Å². The molecule has 3 rings (SSSR count). The molecule has 0 spiro atoms. The Morgan fingerprint density at radius 2 is 2.05 bits per heavy atom. The van der Waals surface area contributed by atoms with Crippen LogP contribution in [0.2, 0.25) is 0 Å². The van der Waals surface area contributed by atoms with Gasteiger partial charge >= 0.3 is 0 Å². The molecule has 118 valence electrons. The van der Waals surface area contributed by atoms with Crippen LogP contribution in [0.15, 0.2) is 4.47 Å². The Labute approximate surface area is 136 Å². The lowest BCUT2D eigenvalue weighted by atomic mass is 9.72. The highest BCUT2D eigenvalue weighted by atomic mass is 79.9. The third-order valence-corrected chi connectivity index (χ3v) is 6.34. The summed E-state index contributed by atoms with van der Waals surface area (Å²) >= 11 is 3.77. The zero-order valence-electron chi connectivity index (χ0n) is 13.4. The van der Waals surface area contributed by atoms with E-state index in [-0.39, 0.29) is 5.54 Å². The van der Waals surface area contributed by atoms with Gasteiger partial charge in [-0.3, -0.25) is 4.68 Å². The molecule has 4 heteroatoms. The van der Waals surface area contributed by atoms with Gasteiger partial charge in [0.1, 0.15) is 0 Å². The van der Waals surface area contributed by atoms with Gasteiger partial charge in [0.15, 0.2) is 0 Å². The minimum Gasteiger partial charge on any atom is -0.325 e. The van der Waals surface area contributed by atoms with Gasteiger partial charge < -0.3 is 5.73 Å². The van der Waals surface area contributed by atoms with E-state index in [4.69, 9.17) is 10.8 Å². The van der Waals surface area contributed by atoms with Crippen LogP contribution < -0.4 is 5.73 Å². The van der Waals surface area contributed by atoms with Gasteiger partial charge in [0, 0.05) is 18.5 Å². The third-order valence-electron chi connectivity index (χ3n) is 5.42. The van der Waals surface area contributed by atoms with Crippen LogP contribution in [0.25, 0.3) is 0 Å². The second-order valence-corrected chi connectivity index (χ2v) is 7.90. The highest BCUT2D eigenvalue weighted by Crippen LogP contribution is 2.47. The van der Waals surface area contributed by atoms with Gasteiger partial charge in [-0.05, 0) is 66.8 Å². The van der Waals surface area contributed by atoms with Crippen molar-refractivity contribution in [3.8, 4) is 0 Å². The van der Waals surface area contributed by atoms with E-state index in [1.807, 2.05) is 0 Å². The molecule has 1 aromatic rings. The van der Waals surface area contributed by atoms with Crippen molar-refractivity contribution in [1.29, 1.82) is 0 Å². The Hall–Kier alpha value is -0.350. The van der Waals surface area contributed by atoms with Gasteiger partial charge in [0.05, 0.1) is 15.9 Å². The summed E-state index contributed by atoms with van der Waals surface area (Å²) in [6, 6.07) is 0. The topological polar surface area (TPSA) is 43.8 Å². The molecule has 0 bridgehead atoms. The Morgan fingerprint density at radius 3 is 2.67 bits per heavy atom. The summed E-state index contributed by atoms with van der Waals surface area (Å²) in [4.78, 5) is 0. The van der Waals surface area contributed by atoms with E-state index in [0.29, 0.717) is 0 Å². The van der Waals surface area contributed by atoms with E-state index < -0.39 is 0 Å². The fourth-order valence-corrected chi connectivity index (χ4v) is 4.80. The number of nitrogens with two attached hydrogens (primary N) is 1. The van der Waals surface area contributed by atoms with E-state index in [9.17, 15) is 0 Å². The lowest BCUT2D eigenvalue weighted by molar-refractivity contribution is 0.201. The quantitative estimate of drug-likeness (QED) is 0.866. The van der Waals surface area contributed by atoms with Crippen LogP contribution in [0.5, 0.6) is 0 Å². The molecule has 2 atom stereocenters. The molecule has 2 unspecified atom stereocenters. The fraction of sp³-hybridized carbons (Fsp3) is 0.824. The standard InChI is InChI=1S/C17H28BrN3/c1-3-14-16(18)15(21(4-2)20-14)11-17(19)9-5-6-13(10-17)12-7-8-12/h12-13H,3-11,19H2,1-2H3. The predicted molar refractivity (Wildman–Crippen MR) is 90.3 cm³/mol. The van der Waals surface area contributed by atoms with E-state index in [1.54, 1.807) is 0 Å². The molecule has 0 amide bonds. The first-order chi connectivity index (χ1) is 10.1. The lowest BCUT2D eigenvalue weighted by Gasteiger charge is -2.38. The summed E-state index contributed by atoms with van der Waals surface area (Å²) in [5.74, 6) is 1.87. The maximum Gasteiger partial charge on any atom is 0.0766 e. The van der Waals surface area contributed by atoms with Crippen LogP contribution >= 0.6 is 15.9 Å². The first kappa shape index (κ1) is 15.5. The Morgan fingerprint density at radius 1 is 1.29 bits per heavy atom. The van der Waals surface area contributed by atoms with Gasteiger partial charge in [-0.2, -0.15) is 5.10 Å². The van der Waals surface area contributed by atoms with E-state index in [0.717, 1.165) is 31.2 Å². The predicted octanol–water partition coefficient (Wildman–Crippen LogP) is 4.07. The van der Waals surface area contributed by atoms with Gasteiger partial charge in [0.25, 0.3) is 0 Å². The number of hydrogen-bond donors (Lipinski definition) is 1. The average molecular weight is 354 g/mol. The highest BCUT2D eigenvalue weighted by molar-refractivity contribution is 9.10. The van der Waals surface area contributed by atoms with Gasteiger partial charge in [-0.1, -0.05) is 19.8 Å². The summed E-state index contributed by atoms with van der Waals surface area (Å²) in [6.45, 7) is 5.26. The molecule has 0 aliphatic heterocycles. The maximum atomic E-state index is 6.83. The maximum absolute atomic E-state index is 6.83. The fourth-order valence-electron chi connectivity index (χ4n) is 4.09. The van der Waals surface area contributed by atoms with Crippen molar-refractivity contribution in [3.63, 3.8) is 0 Å². The van der Waals surface area contributed by atoms with Crippen molar-refractivity contribution in [2.45, 2.75) is 77.3 Å². The van der Waals surface area contributed by atoms with E-state index >= 15 is 0 Å². The molecule has 0 aromatic carbocycles. The van der Waals surface area contributed by atoms with E-state index in [2.05, 4.69) is 34.5 Å². The molecule has 1 heterocycles. The zero-order valence-corrected chi connectivity index (χ0v) is 15.0. The van der Waals surface area contributed by atoms with Crippen molar-refractivity contribution >= 4 is 15.9 Å². The van der Waals surface area contributed by atoms with Gasteiger partial charge in [-0.15, -0.1) is 0 Å². The Bertz CT molecular complexity index is 506. The SMILES string of the molecule is CCc1nn(CC)c(CC2(N)CCCC(C3CC3)C2)c1Br. The number of hydrogen-bond acceptors (Lipinski definition) is 2. The number of nitrogens with zero attached hydrogens (tertiary/aromatic N) is 2. The summed E-state index contributed by atoms with van der Waals surface area (Å²) in [7, 11) is 0. The second kappa shape index (κ2) is 6.04. The van der Waals surface area contributed by atoms with Gasteiger partial charge in [0.2, 0.25) is 0 Å². The molecular formula is C17H28BrN3. The number of aromatic nitrogens is 2. The Balaban J connectivity index is 1.79. The first-order valence-corrected chi connectivity index (χ1v) is 9.38. The average Bonchev–Trinajstić information content (AvgIpc) is 3.27. The zero-order chi connectivity index (χ0) is 15.0. The molecule has 3 nitrogen and oxygen atoms in total. The number of rotatable bonds is 5. The second-order valence-electron chi connectivity index (χ2n) is 7.11. The largest absolute Gasteiger partial charge is 0.325 e. The van der Waals surface area contributed by atoms with Gasteiger partial charge in [-0.25, -0.2) is 0 Å². The van der Waals surface area contributed by atoms with Crippen LogP contribution in [0.1, 0.15) is 63.8 Å². The molecule has 2 aliphatic carbocycles. The summed E-state index contributed by atoms with van der Waals surface area (Å²) in [6.07, 6.45) is 9.91. The van der Waals surface area contributed by atoms with Crippen molar-refractivity contribution in [1.82, 2.24) is 9.78 Å². The van der Waals surface area contributed by atoms with E-state index in [1.165, 1.54) is 54.4 Å². The molecule has 2 N–H and O–H groups in total. The lowest BCUT2D eigenvalue weighted by Crippen LogP contribution is -2.47. The molecular weight excluding hydrogens is 326 g/mol. The molecule has 21 heavy (non-hydrogen) atoms. The number of halogens is 1. The first-order valence-electron chi connectivity index (χ1n) is 8.59. The summed E-state index contributed by atoms with van der Waals surface area (Å²) in [5, 5.41) is 4.72. The number of aryl methyl sites for hydroxylation is 2. The third kappa shape index (κ3) is 3.21. The van der Waals surface area contributed by atoms with Crippen LogP contribution in [0, 0.1) is 11.8 Å². The summed E-state index contributed by atoms with van der Waals surface area (Å²) < 4.78 is 3.35. The molecule has 0 saturated heterocycles. The highest BCUT2D eigenvalue weighted by Gasteiger charge is 2.40. The van der Waals surface area contributed by atoms with Crippen molar-refractivity contribution in [2.24, 2.45) is 17.6 Å². The van der Waals surface area contributed by atoms with Crippen molar-refractivity contribution in [2.75, 3.05) is 0 Å². The molecule has 0 radical (unpaired) electrons. The van der Waals surface area contributed by atoms with Crippen molar-refractivity contribution in [3.05, 3.63) is 15.9 Å². The molecule has 2 fully saturated rings. The van der Waals surface area contributed by atoms with Crippen LogP contribution in [0.3, 0.4) is 0 Å². The van der Waals surface area contributed by atoms with Crippen molar-refractivity contribution < 1.29 is 0 Å². The minimum atomic E-state index is -0.0218. The van der Waals surface area contributed by atoms with Crippen LogP contribution in [-0.4, -0.2) is 15.3 Å². The monoisotopic (exact) mass is 353 g/mol. The molecule has 1 aromatic heterocycles. The normalized spacial score (nSPS) is 29.8. The van der Waals surface area contributed by atoms with Crippen LogP contribution in [-0.2, 0) is 19.4 Å².